The van der Waals surface area contributed by atoms with Crippen LogP contribution in [0.4, 0.5) is 19.1 Å². The highest BCUT2D eigenvalue weighted by atomic mass is 79.9. The Kier molecular flexibility index (Phi) is 3.36. The number of fused-ring (bicyclic) bond motifs is 1. The number of rotatable bonds is 2. The molecule has 0 aliphatic rings. The molecular weight excluding hydrogens is 347 g/mol. The third-order valence-electron chi connectivity index (χ3n) is 3.16. The molecule has 3 aromatic rings. The first-order chi connectivity index (χ1) is 9.95. The first-order valence-electron chi connectivity index (χ1n) is 6.00. The number of hydrogen-bond donors (Lipinski definition) is 1. The van der Waals surface area contributed by atoms with E-state index >= 15 is 0 Å². The van der Waals surface area contributed by atoms with Gasteiger partial charge in [0.1, 0.15) is 17.5 Å². The second kappa shape index (κ2) is 5.07. The number of anilines is 1. The maximum atomic E-state index is 13.7. The average molecular weight is 356 g/mol. The van der Waals surface area contributed by atoms with Gasteiger partial charge in [-0.2, -0.15) is 0 Å². The smallest absolute Gasteiger partial charge is 0.201 e. The van der Waals surface area contributed by atoms with Crippen LogP contribution in [0.1, 0.15) is 5.56 Å². The van der Waals surface area contributed by atoms with Crippen molar-refractivity contribution in [1.29, 1.82) is 0 Å². The van der Waals surface area contributed by atoms with Crippen molar-refractivity contribution in [2.24, 2.45) is 0 Å². The summed E-state index contributed by atoms with van der Waals surface area (Å²) < 4.78 is 42.3. The van der Waals surface area contributed by atoms with Gasteiger partial charge in [-0.25, -0.2) is 18.2 Å². The zero-order valence-corrected chi connectivity index (χ0v) is 12.2. The Morgan fingerprint density at radius 1 is 1.10 bits per heavy atom. The molecule has 0 bridgehead atoms. The number of benzene rings is 2. The molecule has 3 rings (SSSR count). The summed E-state index contributed by atoms with van der Waals surface area (Å²) in [7, 11) is 0. The van der Waals surface area contributed by atoms with Crippen LogP contribution in [0.3, 0.4) is 0 Å². The molecule has 0 atom stereocenters. The van der Waals surface area contributed by atoms with Gasteiger partial charge >= 0.3 is 0 Å². The van der Waals surface area contributed by atoms with Crippen molar-refractivity contribution in [3.8, 4) is 0 Å². The molecule has 0 aliphatic carbocycles. The monoisotopic (exact) mass is 355 g/mol. The van der Waals surface area contributed by atoms with Crippen LogP contribution >= 0.6 is 15.9 Å². The molecule has 2 aromatic carbocycles. The van der Waals surface area contributed by atoms with Gasteiger partial charge in [0.2, 0.25) is 5.95 Å². The Morgan fingerprint density at radius 3 is 2.62 bits per heavy atom. The highest BCUT2D eigenvalue weighted by Crippen LogP contribution is 2.26. The SMILES string of the molecule is Nc1nc2cc(Br)c(F)cc2n1Cc1cc(F)ccc1F. The summed E-state index contributed by atoms with van der Waals surface area (Å²) in [6.45, 7) is -0.0347. The molecule has 0 saturated heterocycles. The van der Waals surface area contributed by atoms with Crippen molar-refractivity contribution in [2.45, 2.75) is 6.54 Å². The molecule has 0 radical (unpaired) electrons. The summed E-state index contributed by atoms with van der Waals surface area (Å²) in [5.74, 6) is -1.49. The first-order valence-corrected chi connectivity index (χ1v) is 6.79. The summed E-state index contributed by atoms with van der Waals surface area (Å²) in [5.41, 5.74) is 6.79. The molecule has 7 heteroatoms. The van der Waals surface area contributed by atoms with Gasteiger partial charge in [-0.15, -0.1) is 0 Å². The largest absolute Gasteiger partial charge is 0.369 e. The van der Waals surface area contributed by atoms with E-state index in [0.29, 0.717) is 11.0 Å². The summed E-state index contributed by atoms with van der Waals surface area (Å²) >= 11 is 3.06. The second-order valence-corrected chi connectivity index (χ2v) is 5.40. The van der Waals surface area contributed by atoms with Crippen LogP contribution in [0.15, 0.2) is 34.8 Å². The van der Waals surface area contributed by atoms with Gasteiger partial charge in [-0.1, -0.05) is 0 Å². The maximum Gasteiger partial charge on any atom is 0.201 e. The van der Waals surface area contributed by atoms with E-state index in [1.165, 1.54) is 16.7 Å². The molecular formula is C14H9BrF3N3. The first kappa shape index (κ1) is 13.9. The van der Waals surface area contributed by atoms with E-state index < -0.39 is 17.5 Å². The minimum Gasteiger partial charge on any atom is -0.369 e. The van der Waals surface area contributed by atoms with E-state index in [1.807, 2.05) is 0 Å². The molecule has 3 nitrogen and oxygen atoms in total. The van der Waals surface area contributed by atoms with Gasteiger partial charge in [-0.05, 0) is 40.2 Å². The number of hydrogen-bond acceptors (Lipinski definition) is 2. The molecule has 1 heterocycles. The molecule has 0 spiro atoms. The predicted molar refractivity (Wildman–Crippen MR) is 77.3 cm³/mol. The number of imidazole rings is 1. The van der Waals surface area contributed by atoms with Crippen LogP contribution in [0.25, 0.3) is 11.0 Å². The normalized spacial score (nSPS) is 11.2. The highest BCUT2D eigenvalue weighted by molar-refractivity contribution is 9.10. The molecule has 0 fully saturated rings. The summed E-state index contributed by atoms with van der Waals surface area (Å²) in [5, 5.41) is 0. The Morgan fingerprint density at radius 2 is 1.86 bits per heavy atom. The fraction of sp³-hybridized carbons (Fsp3) is 0.0714. The van der Waals surface area contributed by atoms with Gasteiger partial charge in [0.25, 0.3) is 0 Å². The summed E-state index contributed by atoms with van der Waals surface area (Å²) in [6, 6.07) is 5.89. The number of halogens is 4. The van der Waals surface area contributed by atoms with Gasteiger partial charge in [0, 0.05) is 11.6 Å². The average Bonchev–Trinajstić information content (AvgIpc) is 2.71. The van der Waals surface area contributed by atoms with Crippen LogP contribution in [0.5, 0.6) is 0 Å². The molecule has 108 valence electrons. The molecule has 1 aromatic heterocycles. The number of nitrogen functional groups attached to an aromatic ring is 1. The van der Waals surface area contributed by atoms with Crippen molar-refractivity contribution in [3.05, 3.63) is 57.8 Å². The van der Waals surface area contributed by atoms with Gasteiger partial charge in [0.15, 0.2) is 0 Å². The molecule has 2 N–H and O–H groups in total. The van der Waals surface area contributed by atoms with E-state index in [4.69, 9.17) is 5.73 Å². The van der Waals surface area contributed by atoms with Crippen LogP contribution < -0.4 is 5.73 Å². The fourth-order valence-electron chi connectivity index (χ4n) is 2.14. The quantitative estimate of drug-likeness (QED) is 0.758. The molecule has 0 saturated carbocycles. The van der Waals surface area contributed by atoms with E-state index in [9.17, 15) is 13.2 Å². The summed E-state index contributed by atoms with van der Waals surface area (Å²) in [6.07, 6.45) is 0. The maximum absolute atomic E-state index is 13.7. The third kappa shape index (κ3) is 2.49. The third-order valence-corrected chi connectivity index (χ3v) is 3.76. The van der Waals surface area contributed by atoms with E-state index in [1.54, 1.807) is 0 Å². The van der Waals surface area contributed by atoms with Gasteiger partial charge in [0.05, 0.1) is 22.1 Å². The molecule has 21 heavy (non-hydrogen) atoms. The lowest BCUT2D eigenvalue weighted by Crippen LogP contribution is -2.06. The number of aromatic nitrogens is 2. The minimum atomic E-state index is -0.560. The second-order valence-electron chi connectivity index (χ2n) is 4.55. The lowest BCUT2D eigenvalue weighted by molar-refractivity contribution is 0.579. The standard InChI is InChI=1S/C14H9BrF3N3/c15-9-4-12-13(5-11(9)18)21(14(19)20-12)6-7-3-8(16)1-2-10(7)17/h1-5H,6H2,(H2,19,20). The van der Waals surface area contributed by atoms with E-state index in [2.05, 4.69) is 20.9 Å². The fourth-order valence-corrected chi connectivity index (χ4v) is 2.47. The number of nitrogens with two attached hydrogens (primary N) is 1. The summed E-state index contributed by atoms with van der Waals surface area (Å²) in [4.78, 5) is 4.09. The Bertz CT molecular complexity index is 845. The van der Waals surface area contributed by atoms with Crippen LogP contribution in [0.2, 0.25) is 0 Å². The van der Waals surface area contributed by atoms with Crippen molar-refractivity contribution in [1.82, 2.24) is 9.55 Å². The molecule has 0 aliphatic heterocycles. The highest BCUT2D eigenvalue weighted by Gasteiger charge is 2.14. The van der Waals surface area contributed by atoms with Gasteiger partial charge < -0.3 is 10.3 Å². The Balaban J connectivity index is 2.14. The minimum absolute atomic E-state index is 0.0347. The lowest BCUT2D eigenvalue weighted by atomic mass is 10.2. The van der Waals surface area contributed by atoms with Crippen molar-refractivity contribution < 1.29 is 13.2 Å². The van der Waals surface area contributed by atoms with Crippen LogP contribution in [-0.4, -0.2) is 9.55 Å². The van der Waals surface area contributed by atoms with E-state index in [0.717, 1.165) is 18.2 Å². The predicted octanol–water partition coefficient (Wildman–Crippen LogP) is 3.85. The van der Waals surface area contributed by atoms with Crippen LogP contribution in [-0.2, 0) is 6.54 Å². The van der Waals surface area contributed by atoms with Crippen molar-refractivity contribution in [3.63, 3.8) is 0 Å². The lowest BCUT2D eigenvalue weighted by Gasteiger charge is -2.08. The Labute approximate surface area is 126 Å². The van der Waals surface area contributed by atoms with Gasteiger partial charge in [-0.3, -0.25) is 0 Å². The zero-order valence-electron chi connectivity index (χ0n) is 10.6. The van der Waals surface area contributed by atoms with Crippen molar-refractivity contribution >= 4 is 32.9 Å². The topological polar surface area (TPSA) is 43.8 Å². The van der Waals surface area contributed by atoms with Crippen LogP contribution in [0, 0.1) is 17.5 Å². The zero-order chi connectivity index (χ0) is 15.1. The Hall–Kier alpha value is -2.02. The van der Waals surface area contributed by atoms with E-state index in [-0.39, 0.29) is 22.5 Å². The molecule has 0 amide bonds. The van der Waals surface area contributed by atoms with Crippen molar-refractivity contribution in [2.75, 3.05) is 5.73 Å². The molecule has 0 unspecified atom stereocenters. The number of nitrogens with zero attached hydrogens (tertiary/aromatic N) is 2.